The number of halogens is 2. The van der Waals surface area contributed by atoms with E-state index in [2.05, 4.69) is 0 Å². The molecule has 1 atom stereocenters. The molecular weight excluding hydrogens is 258 g/mol. The van der Waals surface area contributed by atoms with E-state index in [1.165, 1.54) is 0 Å². The van der Waals surface area contributed by atoms with Gasteiger partial charge in [0.25, 0.3) is 0 Å². The quantitative estimate of drug-likeness (QED) is 0.847. The summed E-state index contributed by atoms with van der Waals surface area (Å²) in [4.78, 5) is 23.3. The number of rotatable bonds is 3. The maximum atomic E-state index is 13.1. The molecule has 1 aliphatic heterocycles. The Morgan fingerprint density at radius 2 is 1.95 bits per heavy atom. The van der Waals surface area contributed by atoms with Crippen LogP contribution < -0.4 is 0 Å². The average Bonchev–Trinajstić information content (AvgIpc) is 2.30. The smallest absolute Gasteiger partial charge is 0.319 e. The van der Waals surface area contributed by atoms with Crippen molar-refractivity contribution in [3.8, 4) is 0 Å². The molecule has 0 aliphatic carbocycles. The van der Waals surface area contributed by atoms with Gasteiger partial charge >= 0.3 is 5.97 Å². The van der Waals surface area contributed by atoms with E-state index in [1.54, 1.807) is 0 Å². The fourth-order valence-electron chi connectivity index (χ4n) is 2.20. The van der Waals surface area contributed by atoms with Gasteiger partial charge in [0.2, 0.25) is 0 Å². The highest BCUT2D eigenvalue weighted by Gasteiger charge is 2.48. The monoisotopic (exact) mass is 270 g/mol. The van der Waals surface area contributed by atoms with Gasteiger partial charge in [-0.1, -0.05) is 0 Å². The molecule has 1 aromatic carbocycles. The number of hydrogen-bond acceptors (Lipinski definition) is 3. The zero-order valence-electron chi connectivity index (χ0n) is 9.99. The number of ether oxygens (including phenoxy) is 1. The third-order valence-electron chi connectivity index (χ3n) is 3.19. The molecule has 1 aliphatic rings. The minimum absolute atomic E-state index is 0.00982. The lowest BCUT2D eigenvalue weighted by molar-refractivity contribution is -0.164. The van der Waals surface area contributed by atoms with E-state index in [-0.39, 0.29) is 31.6 Å². The molecule has 0 saturated carbocycles. The molecule has 1 saturated heterocycles. The SMILES string of the molecule is O=C(O)C1(Cc2cc(F)cc(F)c2)COCCC1=O. The minimum atomic E-state index is -1.75. The van der Waals surface area contributed by atoms with E-state index in [0.29, 0.717) is 6.07 Å². The number of aliphatic carboxylic acids is 1. The molecule has 6 heteroatoms. The van der Waals surface area contributed by atoms with Crippen LogP contribution in [0.5, 0.6) is 0 Å². The third-order valence-corrected chi connectivity index (χ3v) is 3.19. The molecule has 1 unspecified atom stereocenters. The van der Waals surface area contributed by atoms with Gasteiger partial charge < -0.3 is 9.84 Å². The van der Waals surface area contributed by atoms with Gasteiger partial charge in [0.15, 0.2) is 11.2 Å². The maximum absolute atomic E-state index is 13.1. The van der Waals surface area contributed by atoms with Crippen molar-refractivity contribution in [1.82, 2.24) is 0 Å². The van der Waals surface area contributed by atoms with Gasteiger partial charge in [0.1, 0.15) is 11.6 Å². The first-order chi connectivity index (χ1) is 8.94. The van der Waals surface area contributed by atoms with Crippen molar-refractivity contribution < 1.29 is 28.2 Å². The van der Waals surface area contributed by atoms with Crippen molar-refractivity contribution >= 4 is 11.8 Å². The highest BCUT2D eigenvalue weighted by Crippen LogP contribution is 2.30. The second-order valence-electron chi connectivity index (χ2n) is 4.57. The molecule has 2 rings (SSSR count). The highest BCUT2D eigenvalue weighted by molar-refractivity contribution is 6.04. The number of benzene rings is 1. The first kappa shape index (κ1) is 13.6. The molecule has 0 radical (unpaired) electrons. The summed E-state index contributed by atoms with van der Waals surface area (Å²) in [6, 6.07) is 2.74. The number of carboxylic acids is 1. The molecule has 0 aromatic heterocycles. The fourth-order valence-corrected chi connectivity index (χ4v) is 2.20. The minimum Gasteiger partial charge on any atom is -0.480 e. The van der Waals surface area contributed by atoms with Gasteiger partial charge in [-0.3, -0.25) is 9.59 Å². The predicted octanol–water partition coefficient (Wildman–Crippen LogP) is 1.57. The van der Waals surface area contributed by atoms with Crippen LogP contribution in [0.3, 0.4) is 0 Å². The number of Topliss-reactive ketones (excluding diaryl/α,β-unsaturated/α-hetero) is 1. The van der Waals surface area contributed by atoms with Crippen LogP contribution in [-0.4, -0.2) is 30.1 Å². The average molecular weight is 270 g/mol. The highest BCUT2D eigenvalue weighted by atomic mass is 19.1. The third kappa shape index (κ3) is 2.63. The molecular formula is C13H12F2O4. The van der Waals surface area contributed by atoms with E-state index < -0.39 is 28.8 Å². The Morgan fingerprint density at radius 3 is 2.47 bits per heavy atom. The van der Waals surface area contributed by atoms with Gasteiger partial charge in [-0.05, 0) is 24.1 Å². The summed E-state index contributed by atoms with van der Waals surface area (Å²) in [5, 5.41) is 9.27. The van der Waals surface area contributed by atoms with Crippen LogP contribution >= 0.6 is 0 Å². The molecule has 1 N–H and O–H groups in total. The Morgan fingerprint density at radius 1 is 1.32 bits per heavy atom. The van der Waals surface area contributed by atoms with Crippen LogP contribution in [0.4, 0.5) is 8.78 Å². The molecule has 102 valence electrons. The van der Waals surface area contributed by atoms with Gasteiger partial charge in [0, 0.05) is 12.5 Å². The Balaban J connectivity index is 2.35. The Bertz CT molecular complexity index is 509. The summed E-state index contributed by atoms with van der Waals surface area (Å²) in [5.74, 6) is -3.42. The molecule has 1 fully saturated rings. The predicted molar refractivity (Wildman–Crippen MR) is 60.6 cm³/mol. The maximum Gasteiger partial charge on any atom is 0.319 e. The summed E-state index contributed by atoms with van der Waals surface area (Å²) >= 11 is 0. The number of carbonyl (C=O) groups excluding carboxylic acids is 1. The first-order valence-electron chi connectivity index (χ1n) is 5.73. The standard InChI is InChI=1S/C13H12F2O4/c14-9-3-8(4-10(15)5-9)6-13(12(17)18)7-19-2-1-11(13)16/h3-5H,1-2,6-7H2,(H,17,18). The Kier molecular flexibility index (Phi) is 3.61. The largest absolute Gasteiger partial charge is 0.480 e. The van der Waals surface area contributed by atoms with Gasteiger partial charge in [-0.15, -0.1) is 0 Å². The van der Waals surface area contributed by atoms with Crippen LogP contribution in [0, 0.1) is 17.0 Å². The molecule has 1 heterocycles. The van der Waals surface area contributed by atoms with Gasteiger partial charge in [-0.2, -0.15) is 0 Å². The molecule has 4 nitrogen and oxygen atoms in total. The number of hydrogen-bond donors (Lipinski definition) is 1. The van der Waals surface area contributed by atoms with Crippen LogP contribution in [0.1, 0.15) is 12.0 Å². The lowest BCUT2D eigenvalue weighted by Gasteiger charge is -2.31. The van der Waals surface area contributed by atoms with Crippen molar-refractivity contribution in [2.24, 2.45) is 5.41 Å². The van der Waals surface area contributed by atoms with E-state index in [0.717, 1.165) is 12.1 Å². The molecule has 0 bridgehead atoms. The van der Waals surface area contributed by atoms with Crippen molar-refractivity contribution in [2.75, 3.05) is 13.2 Å². The molecule has 19 heavy (non-hydrogen) atoms. The van der Waals surface area contributed by atoms with E-state index in [9.17, 15) is 23.5 Å². The summed E-state index contributed by atoms with van der Waals surface area (Å²) in [6.07, 6.45) is -0.292. The topological polar surface area (TPSA) is 63.6 Å². The zero-order valence-corrected chi connectivity index (χ0v) is 9.99. The normalized spacial score (nSPS) is 23.4. The lowest BCUT2D eigenvalue weighted by Crippen LogP contribution is -2.48. The fraction of sp³-hybridized carbons (Fsp3) is 0.385. The molecule has 0 amide bonds. The summed E-state index contributed by atoms with van der Waals surface area (Å²) in [6.45, 7) is -0.106. The first-order valence-corrected chi connectivity index (χ1v) is 5.73. The second kappa shape index (κ2) is 5.05. The van der Waals surface area contributed by atoms with E-state index in [1.807, 2.05) is 0 Å². The van der Waals surface area contributed by atoms with Crippen molar-refractivity contribution in [3.63, 3.8) is 0 Å². The van der Waals surface area contributed by atoms with Crippen LogP contribution in [0.15, 0.2) is 18.2 Å². The Hall–Kier alpha value is -1.82. The number of carboxylic acid groups (broad SMARTS) is 1. The summed E-state index contributed by atoms with van der Waals surface area (Å²) in [7, 11) is 0. The van der Waals surface area contributed by atoms with Crippen molar-refractivity contribution in [1.29, 1.82) is 0 Å². The van der Waals surface area contributed by atoms with Gasteiger partial charge in [0.05, 0.1) is 13.2 Å². The Labute approximate surface area is 108 Å². The van der Waals surface area contributed by atoms with Crippen molar-refractivity contribution in [2.45, 2.75) is 12.8 Å². The summed E-state index contributed by atoms with van der Waals surface area (Å²) < 4.78 is 31.3. The van der Waals surface area contributed by atoms with Crippen LogP contribution in [0.25, 0.3) is 0 Å². The van der Waals surface area contributed by atoms with E-state index >= 15 is 0 Å². The van der Waals surface area contributed by atoms with Gasteiger partial charge in [-0.25, -0.2) is 8.78 Å². The lowest BCUT2D eigenvalue weighted by atomic mass is 9.76. The second-order valence-corrected chi connectivity index (χ2v) is 4.57. The summed E-state index contributed by atoms with van der Waals surface area (Å²) in [5.41, 5.74) is -1.63. The number of carbonyl (C=O) groups is 2. The van der Waals surface area contributed by atoms with E-state index in [4.69, 9.17) is 4.74 Å². The van der Waals surface area contributed by atoms with Crippen LogP contribution in [-0.2, 0) is 20.7 Å². The molecule has 1 aromatic rings. The zero-order chi connectivity index (χ0) is 14.0. The number of ketones is 1. The van der Waals surface area contributed by atoms with Crippen molar-refractivity contribution in [3.05, 3.63) is 35.4 Å². The molecule has 0 spiro atoms. The van der Waals surface area contributed by atoms with Crippen LogP contribution in [0.2, 0.25) is 0 Å².